The van der Waals surface area contributed by atoms with Crippen LogP contribution in [-0.4, -0.2) is 80.2 Å². The van der Waals surface area contributed by atoms with Crippen LogP contribution in [0.3, 0.4) is 0 Å². The normalized spacial score (nSPS) is 29.2. The molecule has 45 heavy (non-hydrogen) atoms. The second kappa shape index (κ2) is 13.2. The van der Waals surface area contributed by atoms with Crippen molar-refractivity contribution in [2.24, 2.45) is 17.8 Å². The Morgan fingerprint density at radius 3 is 2.60 bits per heavy atom. The molecule has 1 aromatic carbocycles. The molecule has 5 rings (SSSR count). The van der Waals surface area contributed by atoms with Crippen LogP contribution in [0.5, 0.6) is 0 Å². The van der Waals surface area contributed by atoms with Gasteiger partial charge >= 0.3 is 12.1 Å². The second-order valence-corrected chi connectivity index (χ2v) is 14.2. The number of rotatable bonds is 7. The molecule has 0 spiro atoms. The zero-order chi connectivity index (χ0) is 32.4. The zero-order valence-electron chi connectivity index (χ0n) is 25.5. The summed E-state index contributed by atoms with van der Waals surface area (Å²) in [5.74, 6) is -4.26. The number of fused-ring (bicyclic) bond motifs is 2. The average Bonchev–Trinajstić information content (AvgIpc) is 3.91. The fourth-order valence-corrected chi connectivity index (χ4v) is 7.49. The third-order valence-electron chi connectivity index (χ3n) is 8.89. The fourth-order valence-electron chi connectivity index (χ4n) is 6.13. The topological polar surface area (TPSA) is 177 Å². The summed E-state index contributed by atoms with van der Waals surface area (Å²) in [7, 11) is -2.17. The van der Waals surface area contributed by atoms with Gasteiger partial charge in [-0.2, -0.15) is 0 Å². The molecule has 0 saturated heterocycles. The van der Waals surface area contributed by atoms with Gasteiger partial charge in [0, 0.05) is 25.2 Å². The van der Waals surface area contributed by atoms with Gasteiger partial charge in [-0.15, -0.1) is 0 Å². The number of ether oxygens (including phenoxy) is 2. The third-order valence-corrected chi connectivity index (χ3v) is 10.7. The SMILES string of the molecule is CCOC(=O)c1cccc(NC(=O)O[C@@H]2C[C@H]3C(=O)N[C@]4(C(=O)NS(=O)(=O)C5CC5)C[C@H]4/C=C/CCCCN(C)C(=O)[C@@H]3C2)c1. The Labute approximate surface area is 262 Å². The van der Waals surface area contributed by atoms with E-state index in [9.17, 15) is 32.4 Å². The maximum absolute atomic E-state index is 13.8. The van der Waals surface area contributed by atoms with Crippen molar-refractivity contribution in [2.45, 2.75) is 75.2 Å². The number of allylic oxidation sites excluding steroid dienone is 1. The molecular weight excluding hydrogens is 604 g/mol. The summed E-state index contributed by atoms with van der Waals surface area (Å²) in [5, 5.41) is 4.79. The highest BCUT2D eigenvalue weighted by atomic mass is 32.2. The Morgan fingerprint density at radius 1 is 1.11 bits per heavy atom. The largest absolute Gasteiger partial charge is 0.462 e. The molecule has 0 bridgehead atoms. The maximum Gasteiger partial charge on any atom is 0.411 e. The van der Waals surface area contributed by atoms with Crippen molar-refractivity contribution in [1.82, 2.24) is 14.9 Å². The van der Waals surface area contributed by atoms with Crippen LogP contribution in [0.15, 0.2) is 36.4 Å². The van der Waals surface area contributed by atoms with E-state index < -0.39 is 62.6 Å². The highest BCUT2D eigenvalue weighted by Gasteiger charge is 2.62. The second-order valence-electron chi connectivity index (χ2n) is 12.3. The van der Waals surface area contributed by atoms with Crippen LogP contribution in [0.1, 0.15) is 68.6 Å². The smallest absolute Gasteiger partial charge is 0.411 e. The van der Waals surface area contributed by atoms with E-state index in [0.29, 0.717) is 31.5 Å². The van der Waals surface area contributed by atoms with E-state index in [-0.39, 0.29) is 43.3 Å². The number of anilines is 1. The molecule has 3 saturated carbocycles. The van der Waals surface area contributed by atoms with Gasteiger partial charge in [0.25, 0.3) is 5.91 Å². The third kappa shape index (κ3) is 7.48. The van der Waals surface area contributed by atoms with Crippen LogP contribution in [0.4, 0.5) is 10.5 Å². The fraction of sp³-hybridized carbons (Fsp3) is 0.581. The summed E-state index contributed by atoms with van der Waals surface area (Å²) < 4.78 is 38.0. The van der Waals surface area contributed by atoms with Gasteiger partial charge in [-0.1, -0.05) is 18.2 Å². The number of amides is 4. The summed E-state index contributed by atoms with van der Waals surface area (Å²) in [6, 6.07) is 6.17. The lowest BCUT2D eigenvalue weighted by Gasteiger charge is -2.26. The Morgan fingerprint density at radius 2 is 1.87 bits per heavy atom. The number of hydrogen-bond acceptors (Lipinski definition) is 9. The summed E-state index contributed by atoms with van der Waals surface area (Å²) in [4.78, 5) is 67.3. The number of nitrogens with one attached hydrogen (secondary N) is 3. The zero-order valence-corrected chi connectivity index (χ0v) is 26.3. The monoisotopic (exact) mass is 644 g/mol. The molecule has 14 heteroatoms. The van der Waals surface area contributed by atoms with Crippen molar-refractivity contribution in [1.29, 1.82) is 0 Å². The molecule has 3 N–H and O–H groups in total. The molecule has 5 atom stereocenters. The molecule has 4 aliphatic rings. The van der Waals surface area contributed by atoms with Crippen LogP contribution < -0.4 is 15.4 Å². The quantitative estimate of drug-likeness (QED) is 0.297. The number of carbonyl (C=O) groups is 5. The number of nitrogens with zero attached hydrogens (tertiary/aromatic N) is 1. The van der Waals surface area contributed by atoms with Gasteiger partial charge < -0.3 is 19.7 Å². The standard InChI is InChI=1S/C31H40N4O9S/c1-3-43-28(38)19-9-8-11-21(15-19)32-30(40)44-22-16-24-25(17-22)27(37)35(2)14-7-5-4-6-10-20-18-31(20,33-26(24)36)29(39)34-45(41,42)23-12-13-23/h6,8-11,15,20,22-25H,3-5,7,12-14,16-18H2,1-2H3,(H,32,40)(H,33,36)(H,34,39)/b10-6+/t20-,22-,24-,25-,31-/m1/s1. The summed E-state index contributed by atoms with van der Waals surface area (Å²) in [5.41, 5.74) is -0.891. The van der Waals surface area contributed by atoms with Crippen LogP contribution >= 0.6 is 0 Å². The first-order chi connectivity index (χ1) is 21.4. The number of sulfonamides is 1. The predicted octanol–water partition coefficient (Wildman–Crippen LogP) is 2.49. The van der Waals surface area contributed by atoms with Crippen LogP contribution in [0.25, 0.3) is 0 Å². The minimum absolute atomic E-state index is 0.0327. The summed E-state index contributed by atoms with van der Waals surface area (Å²) >= 11 is 0. The summed E-state index contributed by atoms with van der Waals surface area (Å²) in [6.07, 6.45) is 5.75. The maximum atomic E-state index is 13.8. The molecule has 0 aromatic heterocycles. The van der Waals surface area contributed by atoms with E-state index in [1.807, 2.05) is 12.2 Å². The van der Waals surface area contributed by atoms with Crippen molar-refractivity contribution >= 4 is 45.5 Å². The molecule has 3 aliphatic carbocycles. The van der Waals surface area contributed by atoms with E-state index in [1.165, 1.54) is 6.07 Å². The molecule has 1 aliphatic heterocycles. The first-order valence-corrected chi connectivity index (χ1v) is 17.0. The number of benzene rings is 1. The van der Waals surface area contributed by atoms with Crippen molar-refractivity contribution in [3.63, 3.8) is 0 Å². The Bertz CT molecular complexity index is 1490. The highest BCUT2D eigenvalue weighted by Crippen LogP contribution is 2.47. The molecule has 0 radical (unpaired) electrons. The van der Waals surface area contributed by atoms with Crippen molar-refractivity contribution in [3.8, 4) is 0 Å². The van der Waals surface area contributed by atoms with E-state index in [1.54, 1.807) is 37.1 Å². The molecule has 1 heterocycles. The first kappa shape index (κ1) is 32.5. The van der Waals surface area contributed by atoms with Gasteiger partial charge in [-0.05, 0) is 76.5 Å². The van der Waals surface area contributed by atoms with Crippen LogP contribution in [0.2, 0.25) is 0 Å². The molecule has 244 valence electrons. The average molecular weight is 645 g/mol. The van der Waals surface area contributed by atoms with Gasteiger partial charge in [0.15, 0.2) is 0 Å². The van der Waals surface area contributed by atoms with Gasteiger partial charge in [0.1, 0.15) is 11.6 Å². The lowest BCUT2D eigenvalue weighted by molar-refractivity contribution is -0.140. The predicted molar refractivity (Wildman–Crippen MR) is 162 cm³/mol. The van der Waals surface area contributed by atoms with E-state index in [4.69, 9.17) is 9.47 Å². The van der Waals surface area contributed by atoms with Crippen molar-refractivity contribution in [3.05, 3.63) is 42.0 Å². The van der Waals surface area contributed by atoms with Gasteiger partial charge in [-0.25, -0.2) is 18.0 Å². The van der Waals surface area contributed by atoms with Crippen molar-refractivity contribution in [2.75, 3.05) is 25.5 Å². The van der Waals surface area contributed by atoms with Crippen LogP contribution in [-0.2, 0) is 33.9 Å². The van der Waals surface area contributed by atoms with Gasteiger partial charge in [0.05, 0.1) is 29.3 Å². The van der Waals surface area contributed by atoms with Crippen molar-refractivity contribution < 1.29 is 41.9 Å². The van der Waals surface area contributed by atoms with Gasteiger partial charge in [-0.3, -0.25) is 24.4 Å². The number of hydrogen-bond donors (Lipinski definition) is 3. The summed E-state index contributed by atoms with van der Waals surface area (Å²) in [6.45, 7) is 2.38. The molecule has 4 amide bonds. The van der Waals surface area contributed by atoms with Crippen LogP contribution in [0, 0.1) is 17.8 Å². The number of carbonyl (C=O) groups excluding carboxylic acids is 5. The molecule has 13 nitrogen and oxygen atoms in total. The Balaban J connectivity index is 1.32. The van der Waals surface area contributed by atoms with E-state index in [0.717, 1.165) is 12.8 Å². The first-order valence-electron chi connectivity index (χ1n) is 15.5. The number of esters is 1. The Hall–Kier alpha value is -3.94. The lowest BCUT2D eigenvalue weighted by Crippen LogP contribution is -2.54. The minimum Gasteiger partial charge on any atom is -0.462 e. The highest BCUT2D eigenvalue weighted by molar-refractivity contribution is 7.91. The van der Waals surface area contributed by atoms with E-state index >= 15 is 0 Å². The molecular formula is C31H40N4O9S. The molecule has 0 unspecified atom stereocenters. The van der Waals surface area contributed by atoms with Gasteiger partial charge in [0.2, 0.25) is 21.8 Å². The Kier molecular flexibility index (Phi) is 9.52. The molecule has 3 fully saturated rings. The molecule has 1 aromatic rings. The van der Waals surface area contributed by atoms with E-state index in [2.05, 4.69) is 15.4 Å². The minimum atomic E-state index is -3.84. The lowest BCUT2D eigenvalue weighted by atomic mass is 9.93.